The van der Waals surface area contributed by atoms with Gasteiger partial charge in [0.1, 0.15) is 11.8 Å². The normalized spacial score (nSPS) is 24.8. The number of carbonyl (C=O) groups excluding carboxylic acids is 2. The second-order valence-corrected chi connectivity index (χ2v) is 5.00. The summed E-state index contributed by atoms with van der Waals surface area (Å²) in [5.74, 6) is -1.07. The summed E-state index contributed by atoms with van der Waals surface area (Å²) in [7, 11) is 4.07. The summed E-state index contributed by atoms with van der Waals surface area (Å²) in [4.78, 5) is 23.7. The molecule has 1 heterocycles. The third-order valence-corrected chi connectivity index (χ3v) is 3.90. The molecular formula is C15H19NO6. The molecule has 0 spiro atoms. The predicted octanol–water partition coefficient (Wildman–Crippen LogP) is 1.16. The average Bonchev–Trinajstić information content (AvgIpc) is 2.90. The molecule has 1 aromatic carbocycles. The van der Waals surface area contributed by atoms with Gasteiger partial charge in [0, 0.05) is 0 Å². The molecule has 22 heavy (non-hydrogen) atoms. The lowest BCUT2D eigenvalue weighted by molar-refractivity contribution is -0.177. The first kappa shape index (κ1) is 16.3. The first-order valence-electron chi connectivity index (χ1n) is 6.80. The molecule has 2 rings (SSSR count). The molecule has 1 aliphatic heterocycles. The van der Waals surface area contributed by atoms with Crippen molar-refractivity contribution in [3.8, 4) is 5.75 Å². The molecule has 3 atom stereocenters. The Bertz CT molecular complexity index is 543. The molecule has 0 aliphatic carbocycles. The maximum Gasteiger partial charge on any atom is 0.325 e. The molecule has 0 saturated carbocycles. The summed E-state index contributed by atoms with van der Waals surface area (Å²) in [6, 6.07) is 5.35. The number of hydrogen-bond donors (Lipinski definition) is 1. The molecule has 1 saturated heterocycles. The molecule has 0 aromatic heterocycles. The minimum Gasteiger partial charge on any atom is -0.497 e. The van der Waals surface area contributed by atoms with Gasteiger partial charge in [-0.15, -0.1) is 0 Å². The van der Waals surface area contributed by atoms with Gasteiger partial charge in [0.2, 0.25) is 0 Å². The van der Waals surface area contributed by atoms with Gasteiger partial charge in [-0.1, -0.05) is 12.1 Å². The van der Waals surface area contributed by atoms with Gasteiger partial charge in [-0.05, 0) is 24.1 Å². The standard InChI is InChI=1S/C15H19NO6/c1-20-10-6-4-9(5-7-10)13-11(14(17)21-2)8-12(16(13)19)15(18)22-3/h4-7,11-13,19H,8H2,1-3H3/t11-,12-,13+/m1/s1. The molecule has 0 radical (unpaired) electrons. The average molecular weight is 309 g/mol. The molecule has 0 amide bonds. The Balaban J connectivity index is 2.34. The van der Waals surface area contributed by atoms with E-state index in [4.69, 9.17) is 9.47 Å². The molecule has 7 heteroatoms. The van der Waals surface area contributed by atoms with E-state index in [2.05, 4.69) is 4.74 Å². The summed E-state index contributed by atoms with van der Waals surface area (Å²) in [5, 5.41) is 11.2. The van der Waals surface area contributed by atoms with E-state index in [-0.39, 0.29) is 6.42 Å². The topological polar surface area (TPSA) is 85.3 Å². The van der Waals surface area contributed by atoms with E-state index in [1.54, 1.807) is 31.4 Å². The van der Waals surface area contributed by atoms with Crippen LogP contribution in [0, 0.1) is 5.92 Å². The van der Waals surface area contributed by atoms with Crippen LogP contribution in [-0.2, 0) is 19.1 Å². The van der Waals surface area contributed by atoms with Gasteiger partial charge in [-0.2, -0.15) is 5.06 Å². The minimum absolute atomic E-state index is 0.131. The summed E-state index contributed by atoms with van der Waals surface area (Å²) < 4.78 is 14.6. The van der Waals surface area contributed by atoms with E-state index in [0.717, 1.165) is 5.06 Å². The molecule has 1 aromatic rings. The van der Waals surface area contributed by atoms with Crippen LogP contribution >= 0.6 is 0 Å². The zero-order valence-electron chi connectivity index (χ0n) is 12.7. The Kier molecular flexibility index (Phi) is 4.99. The van der Waals surface area contributed by atoms with Crippen molar-refractivity contribution in [2.75, 3.05) is 21.3 Å². The van der Waals surface area contributed by atoms with Gasteiger partial charge in [0.05, 0.1) is 33.3 Å². The van der Waals surface area contributed by atoms with Gasteiger partial charge < -0.3 is 19.4 Å². The van der Waals surface area contributed by atoms with Crippen LogP contribution in [0.2, 0.25) is 0 Å². The second-order valence-electron chi connectivity index (χ2n) is 5.00. The Morgan fingerprint density at radius 3 is 2.18 bits per heavy atom. The number of nitrogens with zero attached hydrogens (tertiary/aromatic N) is 1. The molecule has 1 N–H and O–H groups in total. The van der Waals surface area contributed by atoms with Crippen molar-refractivity contribution in [2.24, 2.45) is 5.92 Å². The number of carbonyl (C=O) groups is 2. The monoisotopic (exact) mass is 309 g/mol. The smallest absolute Gasteiger partial charge is 0.325 e. The number of hydrogen-bond acceptors (Lipinski definition) is 7. The first-order valence-corrected chi connectivity index (χ1v) is 6.80. The van der Waals surface area contributed by atoms with Crippen molar-refractivity contribution in [1.82, 2.24) is 5.06 Å². The van der Waals surface area contributed by atoms with Crippen LogP contribution in [0.3, 0.4) is 0 Å². The van der Waals surface area contributed by atoms with Crippen molar-refractivity contribution in [3.63, 3.8) is 0 Å². The van der Waals surface area contributed by atoms with Crippen LogP contribution in [0.25, 0.3) is 0 Å². The highest BCUT2D eigenvalue weighted by Crippen LogP contribution is 2.41. The van der Waals surface area contributed by atoms with Crippen molar-refractivity contribution in [2.45, 2.75) is 18.5 Å². The largest absolute Gasteiger partial charge is 0.497 e. The van der Waals surface area contributed by atoms with E-state index in [0.29, 0.717) is 11.3 Å². The quantitative estimate of drug-likeness (QED) is 0.835. The molecule has 0 unspecified atom stereocenters. The molecule has 0 bridgehead atoms. The number of ether oxygens (including phenoxy) is 3. The lowest BCUT2D eigenvalue weighted by Crippen LogP contribution is -2.36. The maximum absolute atomic E-state index is 12.0. The van der Waals surface area contributed by atoms with E-state index in [9.17, 15) is 14.8 Å². The third-order valence-electron chi connectivity index (χ3n) is 3.90. The van der Waals surface area contributed by atoms with Gasteiger partial charge in [-0.3, -0.25) is 9.59 Å². The maximum atomic E-state index is 12.0. The molecule has 1 fully saturated rings. The SMILES string of the molecule is COC(=O)[C@H]1C[C@@H](C(=O)OC)[C@H](c2ccc(OC)cc2)N1O. The third kappa shape index (κ3) is 2.90. The highest BCUT2D eigenvalue weighted by atomic mass is 16.5. The van der Waals surface area contributed by atoms with E-state index in [1.165, 1.54) is 14.2 Å². The fourth-order valence-electron chi connectivity index (χ4n) is 2.76. The molecule has 120 valence electrons. The number of hydroxylamine groups is 2. The van der Waals surface area contributed by atoms with E-state index in [1.807, 2.05) is 0 Å². The number of methoxy groups -OCH3 is 3. The highest BCUT2D eigenvalue weighted by molar-refractivity contribution is 5.80. The van der Waals surface area contributed by atoms with Crippen molar-refractivity contribution in [3.05, 3.63) is 29.8 Å². The van der Waals surface area contributed by atoms with Crippen molar-refractivity contribution >= 4 is 11.9 Å². The number of rotatable bonds is 4. The molecular weight excluding hydrogens is 290 g/mol. The Hall–Kier alpha value is -2.12. The Morgan fingerprint density at radius 2 is 1.68 bits per heavy atom. The van der Waals surface area contributed by atoms with Crippen LogP contribution < -0.4 is 4.74 Å². The van der Waals surface area contributed by atoms with Gasteiger partial charge in [0.15, 0.2) is 0 Å². The first-order chi connectivity index (χ1) is 10.5. The summed E-state index contributed by atoms with van der Waals surface area (Å²) >= 11 is 0. The summed E-state index contributed by atoms with van der Waals surface area (Å²) in [5.41, 5.74) is 0.685. The highest BCUT2D eigenvalue weighted by Gasteiger charge is 2.49. The molecule has 7 nitrogen and oxygen atoms in total. The Labute approximate surface area is 128 Å². The predicted molar refractivity (Wildman–Crippen MR) is 75.3 cm³/mol. The summed E-state index contributed by atoms with van der Waals surface area (Å²) in [6.07, 6.45) is 0.131. The van der Waals surface area contributed by atoms with Crippen LogP contribution in [0.15, 0.2) is 24.3 Å². The minimum atomic E-state index is -0.902. The van der Waals surface area contributed by atoms with Crippen LogP contribution in [0.4, 0.5) is 0 Å². The van der Waals surface area contributed by atoms with E-state index < -0.39 is 29.9 Å². The van der Waals surface area contributed by atoms with Crippen LogP contribution in [0.1, 0.15) is 18.0 Å². The Morgan fingerprint density at radius 1 is 1.09 bits per heavy atom. The number of esters is 2. The summed E-state index contributed by atoms with van der Waals surface area (Å²) in [6.45, 7) is 0. The number of benzene rings is 1. The van der Waals surface area contributed by atoms with Crippen LogP contribution in [0.5, 0.6) is 5.75 Å². The lowest BCUT2D eigenvalue weighted by atomic mass is 9.93. The molecule has 1 aliphatic rings. The van der Waals surface area contributed by atoms with Crippen LogP contribution in [-0.4, -0.2) is 49.6 Å². The van der Waals surface area contributed by atoms with E-state index >= 15 is 0 Å². The zero-order valence-corrected chi connectivity index (χ0v) is 12.7. The van der Waals surface area contributed by atoms with Crippen molar-refractivity contribution in [1.29, 1.82) is 0 Å². The second kappa shape index (κ2) is 6.76. The zero-order chi connectivity index (χ0) is 16.3. The van der Waals surface area contributed by atoms with Crippen molar-refractivity contribution < 1.29 is 29.0 Å². The van der Waals surface area contributed by atoms with Gasteiger partial charge in [-0.25, -0.2) is 0 Å². The lowest BCUT2D eigenvalue weighted by Gasteiger charge is -2.24. The fourth-order valence-corrected chi connectivity index (χ4v) is 2.76. The van der Waals surface area contributed by atoms with Gasteiger partial charge >= 0.3 is 11.9 Å². The van der Waals surface area contributed by atoms with Gasteiger partial charge in [0.25, 0.3) is 0 Å². The fraction of sp³-hybridized carbons (Fsp3) is 0.467.